The molecule has 0 saturated carbocycles. The molecule has 92 valence electrons. The van der Waals surface area contributed by atoms with Crippen molar-refractivity contribution in [3.05, 3.63) is 33.4 Å². The van der Waals surface area contributed by atoms with E-state index >= 15 is 0 Å². The van der Waals surface area contributed by atoms with E-state index in [1.54, 1.807) is 26.8 Å². The van der Waals surface area contributed by atoms with Crippen LogP contribution in [0.5, 0.6) is 0 Å². The van der Waals surface area contributed by atoms with Gasteiger partial charge in [0.1, 0.15) is 0 Å². The van der Waals surface area contributed by atoms with Crippen LogP contribution in [0.15, 0.2) is 12.1 Å². The number of nitrogens with one attached hydrogen (secondary N) is 1. The van der Waals surface area contributed by atoms with Crippen molar-refractivity contribution >= 4 is 17.3 Å². The van der Waals surface area contributed by atoms with Crippen molar-refractivity contribution < 1.29 is 9.72 Å². The number of anilines is 1. The molecule has 1 aromatic carbocycles. The zero-order chi connectivity index (χ0) is 13.2. The number of hydrogen-bond acceptors (Lipinski definition) is 4. The fourth-order valence-corrected chi connectivity index (χ4v) is 1.42. The summed E-state index contributed by atoms with van der Waals surface area (Å²) >= 11 is 0. The van der Waals surface area contributed by atoms with E-state index in [2.05, 4.69) is 5.32 Å². The Morgan fingerprint density at radius 3 is 2.47 bits per heavy atom. The average molecular weight is 237 g/mol. The number of carbonyl (C=O) groups excluding carboxylic acids is 1. The van der Waals surface area contributed by atoms with Gasteiger partial charge in [-0.05, 0) is 32.4 Å². The molecule has 3 N–H and O–H groups in total. The highest BCUT2D eigenvalue weighted by atomic mass is 16.6. The molecule has 0 aliphatic rings. The van der Waals surface area contributed by atoms with Gasteiger partial charge in [0, 0.05) is 11.6 Å². The third kappa shape index (κ3) is 3.01. The maximum absolute atomic E-state index is 11.4. The third-order valence-corrected chi connectivity index (χ3v) is 2.41. The SMILES string of the molecule is Cc1cc(C)c([N+](=O)[O-])cc1NC(=O)[C@H](C)N. The second-order valence-electron chi connectivity index (χ2n) is 3.99. The Kier molecular flexibility index (Phi) is 3.80. The Labute approximate surface area is 99.0 Å². The Morgan fingerprint density at radius 1 is 1.41 bits per heavy atom. The molecular weight excluding hydrogens is 222 g/mol. The second kappa shape index (κ2) is 4.92. The maximum atomic E-state index is 11.4. The maximum Gasteiger partial charge on any atom is 0.274 e. The lowest BCUT2D eigenvalue weighted by Crippen LogP contribution is -2.32. The normalized spacial score (nSPS) is 12.0. The minimum Gasteiger partial charge on any atom is -0.324 e. The van der Waals surface area contributed by atoms with Crippen molar-refractivity contribution in [1.82, 2.24) is 0 Å². The molecule has 0 aliphatic carbocycles. The number of amides is 1. The van der Waals surface area contributed by atoms with Crippen molar-refractivity contribution in [1.29, 1.82) is 0 Å². The van der Waals surface area contributed by atoms with Crippen LogP contribution in [-0.2, 0) is 4.79 Å². The zero-order valence-corrected chi connectivity index (χ0v) is 9.98. The smallest absolute Gasteiger partial charge is 0.274 e. The van der Waals surface area contributed by atoms with Gasteiger partial charge in [-0.15, -0.1) is 0 Å². The molecule has 0 heterocycles. The molecule has 0 saturated heterocycles. The largest absolute Gasteiger partial charge is 0.324 e. The molecule has 0 aliphatic heterocycles. The Bertz CT molecular complexity index is 469. The van der Waals surface area contributed by atoms with Gasteiger partial charge in [-0.2, -0.15) is 0 Å². The lowest BCUT2D eigenvalue weighted by Gasteiger charge is -2.11. The van der Waals surface area contributed by atoms with E-state index in [4.69, 9.17) is 5.73 Å². The monoisotopic (exact) mass is 237 g/mol. The summed E-state index contributed by atoms with van der Waals surface area (Å²) in [6.07, 6.45) is 0. The van der Waals surface area contributed by atoms with Gasteiger partial charge in [0.05, 0.1) is 16.7 Å². The number of benzene rings is 1. The number of nitrogens with two attached hydrogens (primary N) is 1. The third-order valence-electron chi connectivity index (χ3n) is 2.41. The first kappa shape index (κ1) is 13.1. The summed E-state index contributed by atoms with van der Waals surface area (Å²) in [7, 11) is 0. The highest BCUT2D eigenvalue weighted by Gasteiger charge is 2.16. The minimum absolute atomic E-state index is 0.0180. The quantitative estimate of drug-likeness (QED) is 0.614. The van der Waals surface area contributed by atoms with Crippen LogP contribution in [0.1, 0.15) is 18.1 Å². The molecule has 0 radical (unpaired) electrons. The number of aryl methyl sites for hydroxylation is 2. The standard InChI is InChI=1S/C11H15N3O3/c1-6-4-7(2)10(14(16)17)5-9(6)13-11(15)8(3)12/h4-5,8H,12H2,1-3H3,(H,13,15)/t8-/m0/s1. The van der Waals surface area contributed by atoms with Crippen molar-refractivity contribution in [2.75, 3.05) is 5.32 Å². The van der Waals surface area contributed by atoms with Crippen LogP contribution in [0, 0.1) is 24.0 Å². The van der Waals surface area contributed by atoms with Crippen LogP contribution in [0.4, 0.5) is 11.4 Å². The molecule has 0 bridgehead atoms. The van der Waals surface area contributed by atoms with Crippen LogP contribution in [0.3, 0.4) is 0 Å². The van der Waals surface area contributed by atoms with E-state index in [0.29, 0.717) is 11.3 Å². The van der Waals surface area contributed by atoms with Gasteiger partial charge >= 0.3 is 0 Å². The number of carbonyl (C=O) groups is 1. The lowest BCUT2D eigenvalue weighted by atomic mass is 10.1. The minimum atomic E-state index is -0.658. The number of nitrogens with zero attached hydrogens (tertiary/aromatic N) is 1. The highest BCUT2D eigenvalue weighted by Crippen LogP contribution is 2.26. The highest BCUT2D eigenvalue weighted by molar-refractivity contribution is 5.95. The van der Waals surface area contributed by atoms with Crippen molar-refractivity contribution in [2.24, 2.45) is 5.73 Å². The number of rotatable bonds is 3. The van der Waals surface area contributed by atoms with E-state index < -0.39 is 11.0 Å². The molecule has 1 aromatic rings. The van der Waals surface area contributed by atoms with Gasteiger partial charge in [0.2, 0.25) is 5.91 Å². The number of nitro groups is 1. The Hall–Kier alpha value is -1.95. The van der Waals surface area contributed by atoms with Crippen molar-refractivity contribution in [3.8, 4) is 0 Å². The predicted molar refractivity (Wildman–Crippen MR) is 64.8 cm³/mol. The van der Waals surface area contributed by atoms with Gasteiger partial charge in [-0.1, -0.05) is 0 Å². The van der Waals surface area contributed by atoms with Crippen LogP contribution in [0.2, 0.25) is 0 Å². The first-order chi connectivity index (χ1) is 7.82. The Balaban J connectivity index is 3.12. The zero-order valence-electron chi connectivity index (χ0n) is 9.98. The summed E-state index contributed by atoms with van der Waals surface area (Å²) in [5, 5.41) is 13.3. The fourth-order valence-electron chi connectivity index (χ4n) is 1.42. The van der Waals surface area contributed by atoms with Crippen LogP contribution >= 0.6 is 0 Å². The summed E-state index contributed by atoms with van der Waals surface area (Å²) < 4.78 is 0. The average Bonchev–Trinajstić information content (AvgIpc) is 2.21. The van der Waals surface area contributed by atoms with Crippen LogP contribution in [-0.4, -0.2) is 16.9 Å². The molecule has 17 heavy (non-hydrogen) atoms. The Morgan fingerprint density at radius 2 is 2.00 bits per heavy atom. The summed E-state index contributed by atoms with van der Waals surface area (Å²) in [6, 6.07) is 2.36. The van der Waals surface area contributed by atoms with Gasteiger partial charge < -0.3 is 11.1 Å². The topological polar surface area (TPSA) is 98.3 Å². The summed E-state index contributed by atoms with van der Waals surface area (Å²) in [5.41, 5.74) is 7.15. The molecule has 1 amide bonds. The van der Waals surface area contributed by atoms with E-state index in [9.17, 15) is 14.9 Å². The van der Waals surface area contributed by atoms with Crippen LogP contribution in [0.25, 0.3) is 0 Å². The molecule has 1 atom stereocenters. The summed E-state index contributed by atoms with van der Waals surface area (Å²) in [6.45, 7) is 4.98. The number of hydrogen-bond donors (Lipinski definition) is 2. The van der Waals surface area contributed by atoms with E-state index in [0.717, 1.165) is 5.56 Å². The van der Waals surface area contributed by atoms with E-state index in [1.807, 2.05) is 0 Å². The summed E-state index contributed by atoms with van der Waals surface area (Å²) in [4.78, 5) is 21.7. The van der Waals surface area contributed by atoms with Gasteiger partial charge in [-0.25, -0.2) is 0 Å². The van der Waals surface area contributed by atoms with E-state index in [-0.39, 0.29) is 11.6 Å². The molecule has 0 aromatic heterocycles. The summed E-state index contributed by atoms with van der Waals surface area (Å²) in [5.74, 6) is -0.369. The molecule has 1 rings (SSSR count). The molecule has 6 nitrogen and oxygen atoms in total. The van der Waals surface area contributed by atoms with Gasteiger partial charge in [0.15, 0.2) is 0 Å². The van der Waals surface area contributed by atoms with Crippen LogP contribution < -0.4 is 11.1 Å². The lowest BCUT2D eigenvalue weighted by molar-refractivity contribution is -0.385. The van der Waals surface area contributed by atoms with Crippen molar-refractivity contribution in [3.63, 3.8) is 0 Å². The van der Waals surface area contributed by atoms with Gasteiger partial charge in [-0.3, -0.25) is 14.9 Å². The predicted octanol–water partition coefficient (Wildman–Crippen LogP) is 1.50. The molecule has 0 unspecified atom stereocenters. The first-order valence-corrected chi connectivity index (χ1v) is 5.15. The van der Waals surface area contributed by atoms with Crippen molar-refractivity contribution in [2.45, 2.75) is 26.8 Å². The van der Waals surface area contributed by atoms with Gasteiger partial charge in [0.25, 0.3) is 5.69 Å². The number of nitro benzene ring substituents is 1. The first-order valence-electron chi connectivity index (χ1n) is 5.15. The molecule has 6 heteroatoms. The molecule has 0 fully saturated rings. The molecular formula is C11H15N3O3. The fraction of sp³-hybridized carbons (Fsp3) is 0.364. The second-order valence-corrected chi connectivity index (χ2v) is 3.99. The molecule has 0 spiro atoms. The van der Waals surface area contributed by atoms with E-state index in [1.165, 1.54) is 6.07 Å².